The van der Waals surface area contributed by atoms with Crippen LogP contribution >= 0.6 is 0 Å². The molecule has 0 aromatic carbocycles. The van der Waals surface area contributed by atoms with Crippen molar-refractivity contribution in [3.05, 3.63) is 0 Å². The highest BCUT2D eigenvalue weighted by Gasteiger charge is 2.28. The lowest BCUT2D eigenvalue weighted by Gasteiger charge is -2.25. The second-order valence-electron chi connectivity index (χ2n) is 4.53. The summed E-state index contributed by atoms with van der Waals surface area (Å²) in [4.78, 5) is 44.1. The highest BCUT2D eigenvalue weighted by molar-refractivity contribution is 5.78. The topological polar surface area (TPSA) is 144 Å². The first-order chi connectivity index (χ1) is 9.73. The van der Waals surface area contributed by atoms with E-state index in [9.17, 15) is 19.2 Å². The molecule has 0 fully saturated rings. The fraction of sp³-hybridized carbons (Fsp3) is 0.667. The summed E-state index contributed by atoms with van der Waals surface area (Å²) < 4.78 is 0. The number of unbranched alkanes of at least 4 members (excludes halogenated alkanes) is 1. The van der Waals surface area contributed by atoms with Crippen LogP contribution in [0, 0.1) is 0 Å². The van der Waals surface area contributed by atoms with E-state index in [1.165, 1.54) is 6.92 Å². The Morgan fingerprint density at radius 2 is 1.52 bits per heavy atom. The maximum Gasteiger partial charge on any atom is 0.320 e. The van der Waals surface area contributed by atoms with Crippen LogP contribution in [0.3, 0.4) is 0 Å². The molecule has 0 saturated heterocycles. The molecular weight excluding hydrogens is 284 g/mol. The second-order valence-corrected chi connectivity index (χ2v) is 4.53. The van der Waals surface area contributed by atoms with E-state index in [1.54, 1.807) is 0 Å². The smallest absolute Gasteiger partial charge is 0.320 e. The fourth-order valence-corrected chi connectivity index (χ4v) is 1.81. The lowest BCUT2D eigenvalue weighted by Crippen LogP contribution is -2.46. The van der Waals surface area contributed by atoms with Gasteiger partial charge in [-0.2, -0.15) is 0 Å². The van der Waals surface area contributed by atoms with E-state index in [-0.39, 0.29) is 12.3 Å². The molecule has 0 unspecified atom stereocenters. The van der Waals surface area contributed by atoms with E-state index < -0.39 is 37.0 Å². The first-order valence-corrected chi connectivity index (χ1v) is 6.39. The number of aliphatic carboxylic acids is 3. The van der Waals surface area contributed by atoms with Gasteiger partial charge in [-0.3, -0.25) is 24.1 Å². The number of carbonyl (C=O) groups is 4. The highest BCUT2D eigenvalue weighted by Crippen LogP contribution is 2.09. The number of amides is 1. The van der Waals surface area contributed by atoms with Crippen LogP contribution in [0.1, 0.15) is 26.2 Å². The Hall–Kier alpha value is -2.16. The van der Waals surface area contributed by atoms with Crippen molar-refractivity contribution in [1.29, 1.82) is 0 Å². The largest absolute Gasteiger partial charge is 0.480 e. The van der Waals surface area contributed by atoms with Gasteiger partial charge in [0.25, 0.3) is 0 Å². The molecule has 0 bridgehead atoms. The quantitative estimate of drug-likeness (QED) is 0.364. The molecule has 0 radical (unpaired) electrons. The minimum Gasteiger partial charge on any atom is -0.480 e. The molecule has 0 aliphatic heterocycles. The molecule has 0 aliphatic carbocycles. The van der Waals surface area contributed by atoms with Crippen LogP contribution in [0.2, 0.25) is 0 Å². The van der Waals surface area contributed by atoms with Crippen LogP contribution in [-0.4, -0.2) is 69.7 Å². The Morgan fingerprint density at radius 3 is 1.90 bits per heavy atom. The highest BCUT2D eigenvalue weighted by atomic mass is 16.4. The summed E-state index contributed by atoms with van der Waals surface area (Å²) in [7, 11) is 0. The molecule has 9 nitrogen and oxygen atoms in total. The fourth-order valence-electron chi connectivity index (χ4n) is 1.81. The summed E-state index contributed by atoms with van der Waals surface area (Å²) in [6, 6.07) is -1.19. The maximum absolute atomic E-state index is 11.2. The number of nitrogens with one attached hydrogen (secondary N) is 1. The molecule has 0 rings (SSSR count). The summed E-state index contributed by atoms with van der Waals surface area (Å²) in [6.07, 6.45) is 1.06. The number of carbonyl (C=O) groups excluding carboxylic acids is 1. The normalized spacial score (nSPS) is 11.9. The second kappa shape index (κ2) is 9.70. The van der Waals surface area contributed by atoms with E-state index in [0.717, 1.165) is 4.90 Å². The SMILES string of the molecule is CC(=O)NCCCC[C@@H](C(=O)O)N(CC(=O)O)CC(=O)O. The molecule has 120 valence electrons. The van der Waals surface area contributed by atoms with Gasteiger partial charge in [0.1, 0.15) is 6.04 Å². The molecular formula is C12H20N2O7. The van der Waals surface area contributed by atoms with Crippen molar-refractivity contribution in [2.45, 2.75) is 32.2 Å². The van der Waals surface area contributed by atoms with Crippen molar-refractivity contribution in [1.82, 2.24) is 10.2 Å². The van der Waals surface area contributed by atoms with Gasteiger partial charge in [0.2, 0.25) is 5.91 Å². The molecule has 4 N–H and O–H groups in total. The van der Waals surface area contributed by atoms with Crippen molar-refractivity contribution >= 4 is 23.8 Å². The summed E-state index contributed by atoms with van der Waals surface area (Å²) in [5, 5.41) is 29.1. The number of hydrogen-bond donors (Lipinski definition) is 4. The summed E-state index contributed by atoms with van der Waals surface area (Å²) in [6.45, 7) is 0.435. The zero-order chi connectivity index (χ0) is 16.4. The first-order valence-electron chi connectivity index (χ1n) is 6.39. The average molecular weight is 304 g/mol. The minimum absolute atomic E-state index is 0.107. The van der Waals surface area contributed by atoms with Crippen molar-refractivity contribution in [2.24, 2.45) is 0 Å². The van der Waals surface area contributed by atoms with Crippen molar-refractivity contribution in [2.75, 3.05) is 19.6 Å². The van der Waals surface area contributed by atoms with Crippen LogP contribution < -0.4 is 5.32 Å². The van der Waals surface area contributed by atoms with Crippen LogP contribution in [0.5, 0.6) is 0 Å². The van der Waals surface area contributed by atoms with E-state index in [2.05, 4.69) is 5.32 Å². The number of nitrogens with zero attached hydrogens (tertiary/aromatic N) is 1. The van der Waals surface area contributed by atoms with Crippen LogP contribution in [0.25, 0.3) is 0 Å². The van der Waals surface area contributed by atoms with Gasteiger partial charge in [0.05, 0.1) is 13.1 Å². The first kappa shape index (κ1) is 18.8. The number of carboxylic acids is 3. The third kappa shape index (κ3) is 9.38. The van der Waals surface area contributed by atoms with Gasteiger partial charge >= 0.3 is 17.9 Å². The number of hydrogen-bond acceptors (Lipinski definition) is 5. The molecule has 0 saturated carbocycles. The molecule has 1 amide bonds. The van der Waals surface area contributed by atoms with Gasteiger partial charge in [0, 0.05) is 13.5 Å². The monoisotopic (exact) mass is 304 g/mol. The van der Waals surface area contributed by atoms with Gasteiger partial charge < -0.3 is 20.6 Å². The van der Waals surface area contributed by atoms with Gasteiger partial charge in [-0.05, 0) is 19.3 Å². The molecule has 0 aromatic heterocycles. The van der Waals surface area contributed by atoms with Crippen molar-refractivity contribution in [3.8, 4) is 0 Å². The van der Waals surface area contributed by atoms with Crippen molar-refractivity contribution in [3.63, 3.8) is 0 Å². The van der Waals surface area contributed by atoms with E-state index in [0.29, 0.717) is 19.4 Å². The number of rotatable bonds is 11. The van der Waals surface area contributed by atoms with Crippen molar-refractivity contribution < 1.29 is 34.5 Å². The van der Waals surface area contributed by atoms with E-state index in [1.807, 2.05) is 0 Å². The standard InChI is InChI=1S/C12H20N2O7/c1-8(15)13-5-3-2-4-9(12(20)21)14(6-10(16)17)7-11(18)19/h9H,2-7H2,1H3,(H,13,15)(H,16,17)(H,18,19)(H,20,21)/t9-/m0/s1. The molecule has 0 spiro atoms. The predicted octanol–water partition coefficient (Wildman–Crippen LogP) is -0.783. The zero-order valence-electron chi connectivity index (χ0n) is 11.7. The summed E-state index contributed by atoms with van der Waals surface area (Å²) in [5.41, 5.74) is 0. The van der Waals surface area contributed by atoms with E-state index >= 15 is 0 Å². The molecule has 0 aliphatic rings. The third-order valence-corrected chi connectivity index (χ3v) is 2.68. The lowest BCUT2D eigenvalue weighted by atomic mass is 10.1. The average Bonchev–Trinajstić information content (AvgIpc) is 2.30. The zero-order valence-corrected chi connectivity index (χ0v) is 11.7. The van der Waals surface area contributed by atoms with Crippen LogP contribution in [0.15, 0.2) is 0 Å². The molecule has 9 heteroatoms. The van der Waals surface area contributed by atoms with Crippen LogP contribution in [0.4, 0.5) is 0 Å². The number of carboxylic acid groups (broad SMARTS) is 3. The Labute approximate surface area is 121 Å². The van der Waals surface area contributed by atoms with Gasteiger partial charge in [-0.1, -0.05) is 0 Å². The third-order valence-electron chi connectivity index (χ3n) is 2.68. The Bertz CT molecular complexity index is 381. The molecule has 1 atom stereocenters. The Balaban J connectivity index is 4.51. The predicted molar refractivity (Wildman–Crippen MR) is 70.8 cm³/mol. The van der Waals surface area contributed by atoms with Crippen LogP contribution in [-0.2, 0) is 19.2 Å². The van der Waals surface area contributed by atoms with Gasteiger partial charge in [-0.15, -0.1) is 0 Å². The molecule has 21 heavy (non-hydrogen) atoms. The Kier molecular flexibility index (Phi) is 8.70. The minimum atomic E-state index is -1.29. The lowest BCUT2D eigenvalue weighted by molar-refractivity contribution is -0.149. The van der Waals surface area contributed by atoms with Gasteiger partial charge in [0.15, 0.2) is 0 Å². The maximum atomic E-state index is 11.2. The molecule has 0 heterocycles. The summed E-state index contributed by atoms with van der Waals surface area (Å²) in [5.74, 6) is -4.04. The van der Waals surface area contributed by atoms with Gasteiger partial charge in [-0.25, -0.2) is 0 Å². The molecule has 0 aromatic rings. The van der Waals surface area contributed by atoms with E-state index in [4.69, 9.17) is 15.3 Å². The Morgan fingerprint density at radius 1 is 1.00 bits per heavy atom. The summed E-state index contributed by atoms with van der Waals surface area (Å²) >= 11 is 0.